The maximum absolute atomic E-state index is 12.1. The number of rotatable bonds is 3. The summed E-state index contributed by atoms with van der Waals surface area (Å²) in [4.78, 5) is 0.0596. The molecule has 0 atom stereocenters. The van der Waals surface area contributed by atoms with Gasteiger partial charge in [-0.05, 0) is 64.8 Å². The van der Waals surface area contributed by atoms with E-state index in [2.05, 4.69) is 15.9 Å². The lowest BCUT2D eigenvalue weighted by Gasteiger charge is -2.09. The molecule has 6 heteroatoms. The van der Waals surface area contributed by atoms with Crippen LogP contribution >= 0.6 is 27.5 Å². The van der Waals surface area contributed by atoms with Gasteiger partial charge in [0.1, 0.15) is 4.90 Å². The third-order valence-corrected chi connectivity index (χ3v) is 4.51. The third-order valence-electron chi connectivity index (χ3n) is 2.39. The fourth-order valence-electron chi connectivity index (χ4n) is 1.44. The maximum Gasteiger partial charge on any atom is 0.339 e. The molecule has 0 unspecified atom stereocenters. The first-order valence-electron chi connectivity index (χ1n) is 5.35. The second-order valence-electron chi connectivity index (χ2n) is 3.93. The van der Waals surface area contributed by atoms with E-state index in [1.165, 1.54) is 24.3 Å². The molecule has 100 valence electrons. The number of hydrogen-bond donors (Lipinski definition) is 0. The smallest absolute Gasteiger partial charge is 0.339 e. The maximum atomic E-state index is 12.1. The molecule has 0 fully saturated rings. The summed E-state index contributed by atoms with van der Waals surface area (Å²) in [6.45, 7) is 1.90. The molecule has 2 aromatic carbocycles. The standard InChI is InChI=1S/C13H10BrClO3S/c1-9-2-7-13(12(14)8-9)18-19(16,17)11-5-3-10(15)4-6-11/h2-8H,1H3. The van der Waals surface area contributed by atoms with Gasteiger partial charge in [-0.25, -0.2) is 0 Å². The highest BCUT2D eigenvalue weighted by molar-refractivity contribution is 9.10. The summed E-state index contributed by atoms with van der Waals surface area (Å²) in [5.41, 5.74) is 1.00. The molecule has 0 bridgehead atoms. The predicted octanol–water partition coefficient (Wildman–Crippen LogP) is 4.18. The van der Waals surface area contributed by atoms with Crippen molar-refractivity contribution in [2.24, 2.45) is 0 Å². The van der Waals surface area contributed by atoms with Crippen molar-refractivity contribution in [1.29, 1.82) is 0 Å². The third kappa shape index (κ3) is 3.49. The summed E-state index contributed by atoms with van der Waals surface area (Å²) in [5, 5.41) is 0.468. The summed E-state index contributed by atoms with van der Waals surface area (Å²) < 4.78 is 29.8. The van der Waals surface area contributed by atoms with E-state index in [0.717, 1.165) is 5.56 Å². The molecule has 0 N–H and O–H groups in total. The number of halogens is 2. The van der Waals surface area contributed by atoms with Crippen molar-refractivity contribution in [2.45, 2.75) is 11.8 Å². The Morgan fingerprint density at radius 3 is 2.32 bits per heavy atom. The van der Waals surface area contributed by atoms with Crippen molar-refractivity contribution in [3.05, 3.63) is 57.5 Å². The van der Waals surface area contributed by atoms with Crippen molar-refractivity contribution in [3.63, 3.8) is 0 Å². The number of aryl methyl sites for hydroxylation is 1. The first-order chi connectivity index (χ1) is 8.88. The summed E-state index contributed by atoms with van der Waals surface area (Å²) in [5.74, 6) is 0.251. The van der Waals surface area contributed by atoms with E-state index in [1.807, 2.05) is 6.92 Å². The Hall–Kier alpha value is -1.04. The highest BCUT2D eigenvalue weighted by atomic mass is 79.9. The molecule has 0 aliphatic heterocycles. The summed E-state index contributed by atoms with van der Waals surface area (Å²) in [6, 6.07) is 11.0. The molecular formula is C13H10BrClO3S. The molecule has 0 spiro atoms. The summed E-state index contributed by atoms with van der Waals surface area (Å²) >= 11 is 8.99. The minimum Gasteiger partial charge on any atom is -0.378 e. The highest BCUT2D eigenvalue weighted by Gasteiger charge is 2.17. The molecule has 0 amide bonds. The van der Waals surface area contributed by atoms with Gasteiger partial charge in [-0.3, -0.25) is 0 Å². The quantitative estimate of drug-likeness (QED) is 0.770. The van der Waals surface area contributed by atoms with Gasteiger partial charge in [-0.1, -0.05) is 17.7 Å². The van der Waals surface area contributed by atoms with Crippen molar-refractivity contribution >= 4 is 37.6 Å². The van der Waals surface area contributed by atoms with Gasteiger partial charge in [-0.2, -0.15) is 8.42 Å². The zero-order valence-electron chi connectivity index (χ0n) is 9.93. The SMILES string of the molecule is Cc1ccc(OS(=O)(=O)c2ccc(Cl)cc2)c(Br)c1. The molecule has 3 nitrogen and oxygen atoms in total. The molecule has 2 rings (SSSR count). The van der Waals surface area contributed by atoms with Gasteiger partial charge in [-0.15, -0.1) is 0 Å². The fraction of sp³-hybridized carbons (Fsp3) is 0.0769. The Morgan fingerprint density at radius 1 is 1.11 bits per heavy atom. The number of hydrogen-bond acceptors (Lipinski definition) is 3. The Bertz CT molecular complexity index is 696. The van der Waals surface area contributed by atoms with Crippen LogP contribution in [0, 0.1) is 6.92 Å². The van der Waals surface area contributed by atoms with Crippen LogP contribution in [0.5, 0.6) is 5.75 Å². The number of benzene rings is 2. The monoisotopic (exact) mass is 360 g/mol. The molecule has 2 aromatic rings. The van der Waals surface area contributed by atoms with Gasteiger partial charge >= 0.3 is 10.1 Å². The van der Waals surface area contributed by atoms with Crippen LogP contribution in [0.2, 0.25) is 5.02 Å². The lowest BCUT2D eigenvalue weighted by Crippen LogP contribution is -2.09. The van der Waals surface area contributed by atoms with Gasteiger partial charge in [0.25, 0.3) is 0 Å². The first-order valence-corrected chi connectivity index (χ1v) is 7.92. The van der Waals surface area contributed by atoms with Crippen LogP contribution in [0.4, 0.5) is 0 Å². The highest BCUT2D eigenvalue weighted by Crippen LogP contribution is 2.28. The van der Waals surface area contributed by atoms with E-state index in [4.69, 9.17) is 15.8 Å². The van der Waals surface area contributed by atoms with E-state index < -0.39 is 10.1 Å². The van der Waals surface area contributed by atoms with Crippen LogP contribution < -0.4 is 4.18 Å². The Balaban J connectivity index is 2.33. The molecule has 0 radical (unpaired) electrons. The van der Waals surface area contributed by atoms with Crippen molar-refractivity contribution in [3.8, 4) is 5.75 Å². The van der Waals surface area contributed by atoms with Crippen LogP contribution in [0.25, 0.3) is 0 Å². The average molecular weight is 362 g/mol. The minimum absolute atomic E-state index is 0.0596. The molecule has 0 heterocycles. The van der Waals surface area contributed by atoms with Gasteiger partial charge in [0.2, 0.25) is 0 Å². The minimum atomic E-state index is -3.85. The van der Waals surface area contributed by atoms with Gasteiger partial charge in [0, 0.05) is 5.02 Å². The van der Waals surface area contributed by atoms with Crippen molar-refractivity contribution < 1.29 is 12.6 Å². The van der Waals surface area contributed by atoms with E-state index >= 15 is 0 Å². The topological polar surface area (TPSA) is 43.4 Å². The molecule has 0 saturated heterocycles. The average Bonchev–Trinajstić information content (AvgIpc) is 2.33. The lowest BCUT2D eigenvalue weighted by molar-refractivity contribution is 0.484. The molecule has 0 aromatic heterocycles. The van der Waals surface area contributed by atoms with E-state index in [1.54, 1.807) is 18.2 Å². The lowest BCUT2D eigenvalue weighted by atomic mass is 10.2. The van der Waals surface area contributed by atoms with Crippen LogP contribution in [-0.4, -0.2) is 8.42 Å². The van der Waals surface area contributed by atoms with Crippen molar-refractivity contribution in [1.82, 2.24) is 0 Å². The van der Waals surface area contributed by atoms with Gasteiger partial charge < -0.3 is 4.18 Å². The van der Waals surface area contributed by atoms with E-state index in [0.29, 0.717) is 9.50 Å². The normalized spacial score (nSPS) is 11.3. The fourth-order valence-corrected chi connectivity index (χ4v) is 3.20. The van der Waals surface area contributed by atoms with E-state index in [9.17, 15) is 8.42 Å². The van der Waals surface area contributed by atoms with Crippen LogP contribution in [0.1, 0.15) is 5.56 Å². The first kappa shape index (κ1) is 14.4. The van der Waals surface area contributed by atoms with E-state index in [-0.39, 0.29) is 10.6 Å². The summed E-state index contributed by atoms with van der Waals surface area (Å²) in [7, 11) is -3.85. The molecular weight excluding hydrogens is 352 g/mol. The second kappa shape index (κ2) is 5.53. The molecule has 0 saturated carbocycles. The van der Waals surface area contributed by atoms with Crippen LogP contribution in [-0.2, 0) is 10.1 Å². The zero-order valence-corrected chi connectivity index (χ0v) is 13.1. The largest absolute Gasteiger partial charge is 0.378 e. The van der Waals surface area contributed by atoms with Crippen molar-refractivity contribution in [2.75, 3.05) is 0 Å². The molecule has 19 heavy (non-hydrogen) atoms. The molecule has 0 aliphatic carbocycles. The van der Waals surface area contributed by atoms with Crippen LogP contribution in [0.15, 0.2) is 51.8 Å². The Labute approximate surface area is 125 Å². The Kier molecular flexibility index (Phi) is 4.18. The Morgan fingerprint density at radius 2 is 1.74 bits per heavy atom. The predicted molar refractivity (Wildman–Crippen MR) is 78.1 cm³/mol. The second-order valence-corrected chi connectivity index (χ2v) is 6.76. The van der Waals surface area contributed by atoms with Gasteiger partial charge in [0.15, 0.2) is 5.75 Å². The zero-order chi connectivity index (χ0) is 14.0. The summed E-state index contributed by atoms with van der Waals surface area (Å²) in [6.07, 6.45) is 0. The van der Waals surface area contributed by atoms with Crippen LogP contribution in [0.3, 0.4) is 0 Å². The van der Waals surface area contributed by atoms with Gasteiger partial charge in [0.05, 0.1) is 4.47 Å². The molecule has 0 aliphatic rings.